The number of para-hydroxylation sites is 2. The third-order valence-corrected chi connectivity index (χ3v) is 4.73. The van der Waals surface area contributed by atoms with Crippen molar-refractivity contribution in [1.29, 1.82) is 0 Å². The number of nitrogens with zero attached hydrogens (tertiary/aromatic N) is 4. The van der Waals surface area contributed by atoms with Crippen molar-refractivity contribution in [2.75, 3.05) is 12.4 Å². The van der Waals surface area contributed by atoms with E-state index in [0.717, 1.165) is 5.56 Å². The number of methoxy groups -OCH3 is 1. The summed E-state index contributed by atoms with van der Waals surface area (Å²) >= 11 is 5.63. The summed E-state index contributed by atoms with van der Waals surface area (Å²) < 4.78 is 10.8. The quantitative estimate of drug-likeness (QED) is 0.495. The molecule has 0 aliphatic heterocycles. The van der Waals surface area contributed by atoms with Crippen LogP contribution in [0.3, 0.4) is 0 Å². The van der Waals surface area contributed by atoms with E-state index in [0.29, 0.717) is 22.0 Å². The van der Waals surface area contributed by atoms with Gasteiger partial charge in [-0.25, -0.2) is 9.36 Å². The van der Waals surface area contributed by atoms with Gasteiger partial charge in [-0.15, -0.1) is 5.10 Å². The summed E-state index contributed by atoms with van der Waals surface area (Å²) in [7, 11) is 1.56. The summed E-state index contributed by atoms with van der Waals surface area (Å²) in [5.74, 6) is 0.992. The number of amides is 1. The predicted octanol–water partition coefficient (Wildman–Crippen LogP) is 3.84. The van der Waals surface area contributed by atoms with E-state index < -0.39 is 0 Å². The minimum atomic E-state index is -0.248. The van der Waals surface area contributed by atoms with Crippen LogP contribution < -0.4 is 10.1 Å². The molecule has 2 heterocycles. The van der Waals surface area contributed by atoms with Crippen LogP contribution >= 0.6 is 12.2 Å². The van der Waals surface area contributed by atoms with Crippen molar-refractivity contribution in [1.82, 2.24) is 19.1 Å². The van der Waals surface area contributed by atoms with E-state index in [1.165, 1.54) is 4.68 Å². The summed E-state index contributed by atoms with van der Waals surface area (Å²) in [6.07, 6.45) is 3.76. The SMILES string of the molecule is COc1ccccc1NC(=O)Cn1nc(-c2ccccc2)n(-n2cccc2)c1=S. The molecule has 0 spiro atoms. The number of rotatable bonds is 6. The van der Waals surface area contributed by atoms with Crippen LogP contribution in [-0.4, -0.2) is 32.1 Å². The lowest BCUT2D eigenvalue weighted by molar-refractivity contribution is -0.116. The van der Waals surface area contributed by atoms with Gasteiger partial charge in [-0.3, -0.25) is 9.47 Å². The average molecular weight is 405 g/mol. The molecule has 0 aliphatic rings. The summed E-state index contributed by atoms with van der Waals surface area (Å²) in [4.78, 5) is 12.7. The van der Waals surface area contributed by atoms with Gasteiger partial charge in [0.2, 0.25) is 10.7 Å². The number of benzene rings is 2. The van der Waals surface area contributed by atoms with Crippen LogP contribution in [0.15, 0.2) is 79.1 Å². The van der Waals surface area contributed by atoms with Gasteiger partial charge in [0.15, 0.2) is 5.82 Å². The molecule has 2 aromatic heterocycles. The van der Waals surface area contributed by atoms with Crippen LogP contribution in [0.25, 0.3) is 11.4 Å². The van der Waals surface area contributed by atoms with Crippen molar-refractivity contribution < 1.29 is 9.53 Å². The minimum Gasteiger partial charge on any atom is -0.495 e. The third kappa shape index (κ3) is 3.83. The van der Waals surface area contributed by atoms with Gasteiger partial charge >= 0.3 is 0 Å². The zero-order valence-corrected chi connectivity index (χ0v) is 16.5. The summed E-state index contributed by atoms with van der Waals surface area (Å²) in [6.45, 7) is -0.0228. The first-order chi connectivity index (χ1) is 14.2. The lowest BCUT2D eigenvalue weighted by Crippen LogP contribution is -2.20. The van der Waals surface area contributed by atoms with Crippen molar-refractivity contribution in [2.24, 2.45) is 0 Å². The Morgan fingerprint density at radius 2 is 1.72 bits per heavy atom. The molecule has 1 amide bonds. The average Bonchev–Trinajstić information content (AvgIpc) is 3.37. The first-order valence-electron chi connectivity index (χ1n) is 8.99. The van der Waals surface area contributed by atoms with Gasteiger partial charge < -0.3 is 10.1 Å². The molecule has 0 radical (unpaired) electrons. The smallest absolute Gasteiger partial charge is 0.246 e. The molecule has 1 N–H and O–H groups in total. The highest BCUT2D eigenvalue weighted by molar-refractivity contribution is 7.71. The maximum absolute atomic E-state index is 12.7. The second-order valence-electron chi connectivity index (χ2n) is 6.25. The molecule has 4 rings (SSSR count). The van der Waals surface area contributed by atoms with Crippen LogP contribution in [0.2, 0.25) is 0 Å². The van der Waals surface area contributed by atoms with Crippen LogP contribution in [-0.2, 0) is 11.3 Å². The number of nitrogens with one attached hydrogen (secondary N) is 1. The molecule has 0 fully saturated rings. The third-order valence-electron chi connectivity index (χ3n) is 4.34. The molecule has 0 atom stereocenters. The highest BCUT2D eigenvalue weighted by Crippen LogP contribution is 2.23. The molecule has 4 aromatic rings. The second kappa shape index (κ2) is 8.15. The van der Waals surface area contributed by atoms with Crippen LogP contribution in [0.4, 0.5) is 5.69 Å². The van der Waals surface area contributed by atoms with Crippen molar-refractivity contribution >= 4 is 23.8 Å². The highest BCUT2D eigenvalue weighted by Gasteiger charge is 2.16. The van der Waals surface area contributed by atoms with E-state index in [9.17, 15) is 4.79 Å². The number of aromatic nitrogens is 4. The zero-order valence-electron chi connectivity index (χ0n) is 15.7. The van der Waals surface area contributed by atoms with Gasteiger partial charge in [-0.2, -0.15) is 0 Å². The minimum absolute atomic E-state index is 0.0228. The molecule has 2 aromatic carbocycles. The summed E-state index contributed by atoms with van der Waals surface area (Å²) in [6, 6.07) is 20.8. The fraction of sp³-hybridized carbons (Fsp3) is 0.0952. The lowest BCUT2D eigenvalue weighted by Gasteiger charge is -2.09. The number of ether oxygens (including phenoxy) is 1. The van der Waals surface area contributed by atoms with Crippen molar-refractivity contribution in [3.63, 3.8) is 0 Å². The van der Waals surface area contributed by atoms with Gasteiger partial charge in [-0.1, -0.05) is 42.5 Å². The van der Waals surface area contributed by atoms with Gasteiger partial charge in [-0.05, 0) is 36.5 Å². The van der Waals surface area contributed by atoms with E-state index in [1.807, 2.05) is 71.7 Å². The Morgan fingerprint density at radius 1 is 1.03 bits per heavy atom. The second-order valence-corrected chi connectivity index (χ2v) is 6.62. The van der Waals surface area contributed by atoms with E-state index >= 15 is 0 Å². The van der Waals surface area contributed by atoms with Crippen molar-refractivity contribution in [3.8, 4) is 17.1 Å². The Kier molecular flexibility index (Phi) is 5.26. The molecule has 8 heteroatoms. The maximum Gasteiger partial charge on any atom is 0.246 e. The van der Waals surface area contributed by atoms with Gasteiger partial charge in [0.25, 0.3) is 0 Å². The molecule has 7 nitrogen and oxygen atoms in total. The maximum atomic E-state index is 12.7. The molecule has 146 valence electrons. The van der Waals surface area contributed by atoms with Crippen molar-refractivity contribution in [2.45, 2.75) is 6.54 Å². The first-order valence-corrected chi connectivity index (χ1v) is 9.40. The van der Waals surface area contributed by atoms with Crippen molar-refractivity contribution in [3.05, 3.63) is 83.9 Å². The molecule has 0 saturated heterocycles. The largest absolute Gasteiger partial charge is 0.495 e. The molecular weight excluding hydrogens is 386 g/mol. The Balaban J connectivity index is 1.68. The first kappa shape index (κ1) is 18.7. The molecule has 0 unspecified atom stereocenters. The number of hydrogen-bond acceptors (Lipinski definition) is 4. The molecule has 0 bridgehead atoms. The number of carbonyl (C=O) groups is 1. The van der Waals surface area contributed by atoms with E-state index in [2.05, 4.69) is 10.4 Å². The monoisotopic (exact) mass is 405 g/mol. The molecule has 0 saturated carbocycles. The van der Waals surface area contributed by atoms with Gasteiger partial charge in [0.1, 0.15) is 12.3 Å². The summed E-state index contributed by atoms with van der Waals surface area (Å²) in [5.41, 5.74) is 1.50. The van der Waals surface area contributed by atoms with E-state index in [-0.39, 0.29) is 12.5 Å². The lowest BCUT2D eigenvalue weighted by atomic mass is 10.2. The standard InChI is InChI=1S/C21H19N5O2S/c1-28-18-12-6-5-11-17(18)22-19(27)15-25-21(29)26(24-13-7-8-14-24)20(23-25)16-9-3-2-4-10-16/h2-14H,15H2,1H3,(H,22,27). The fourth-order valence-corrected chi connectivity index (χ4v) is 3.30. The summed E-state index contributed by atoms with van der Waals surface area (Å²) in [5, 5.41) is 7.48. The Morgan fingerprint density at radius 3 is 2.45 bits per heavy atom. The van der Waals surface area contributed by atoms with Gasteiger partial charge in [0.05, 0.1) is 12.8 Å². The Labute approximate surface area is 172 Å². The highest BCUT2D eigenvalue weighted by atomic mass is 32.1. The van der Waals surface area contributed by atoms with Gasteiger partial charge in [0, 0.05) is 18.0 Å². The molecule has 0 aliphatic carbocycles. The Bertz CT molecular complexity index is 1180. The molecular formula is C21H19N5O2S. The fourth-order valence-electron chi connectivity index (χ4n) is 3.01. The van der Waals surface area contributed by atoms with E-state index in [4.69, 9.17) is 17.0 Å². The normalized spacial score (nSPS) is 10.7. The van der Waals surface area contributed by atoms with Crippen LogP contribution in [0.5, 0.6) is 5.75 Å². The van der Waals surface area contributed by atoms with Crippen LogP contribution in [0, 0.1) is 4.77 Å². The number of anilines is 1. The Hall–Kier alpha value is -3.65. The molecule has 29 heavy (non-hydrogen) atoms. The zero-order chi connectivity index (χ0) is 20.2. The predicted molar refractivity (Wildman–Crippen MR) is 113 cm³/mol. The number of hydrogen-bond donors (Lipinski definition) is 1. The van der Waals surface area contributed by atoms with E-state index in [1.54, 1.807) is 23.9 Å². The topological polar surface area (TPSA) is 66.0 Å². The number of carbonyl (C=O) groups excluding carboxylic acids is 1. The van der Waals surface area contributed by atoms with Crippen LogP contribution in [0.1, 0.15) is 0 Å².